The molecule has 0 atom stereocenters. The van der Waals surface area contributed by atoms with Crippen molar-refractivity contribution in [3.8, 4) is 5.75 Å². The number of methoxy groups -OCH3 is 1. The summed E-state index contributed by atoms with van der Waals surface area (Å²) in [6.45, 7) is 0.659. The maximum atomic E-state index is 12.4. The standard InChI is InChI=1S/C18H19ClN4O2/c1-25-16-7-6-13(10-14(16)19)22-18(20)21-11-17(24)23-9-8-12-4-2-3-5-15(12)23/h2-7,10H,8-9,11H2,1H3,(H3,20,21,22). The van der Waals surface area contributed by atoms with Gasteiger partial charge in [0.05, 0.1) is 12.1 Å². The van der Waals surface area contributed by atoms with Gasteiger partial charge in [0.25, 0.3) is 0 Å². The Balaban J connectivity index is 1.62. The summed E-state index contributed by atoms with van der Waals surface area (Å²) in [6.07, 6.45) is 0.865. The molecule has 0 aromatic heterocycles. The van der Waals surface area contributed by atoms with Crippen LogP contribution in [0.1, 0.15) is 5.56 Å². The van der Waals surface area contributed by atoms with E-state index in [1.807, 2.05) is 24.3 Å². The molecule has 0 saturated carbocycles. The molecule has 1 amide bonds. The van der Waals surface area contributed by atoms with Gasteiger partial charge in [-0.15, -0.1) is 0 Å². The molecular weight excluding hydrogens is 340 g/mol. The first kappa shape index (κ1) is 17.1. The highest BCUT2D eigenvalue weighted by Gasteiger charge is 2.23. The summed E-state index contributed by atoms with van der Waals surface area (Å²) in [7, 11) is 1.55. The quantitative estimate of drug-likeness (QED) is 0.650. The molecule has 0 aliphatic carbocycles. The van der Waals surface area contributed by atoms with Gasteiger partial charge in [-0.25, -0.2) is 4.99 Å². The summed E-state index contributed by atoms with van der Waals surface area (Å²) < 4.78 is 5.10. The molecule has 1 aliphatic heterocycles. The zero-order valence-electron chi connectivity index (χ0n) is 13.8. The predicted octanol–water partition coefficient (Wildman–Crippen LogP) is 2.66. The second kappa shape index (κ2) is 7.44. The first-order valence-corrected chi connectivity index (χ1v) is 8.25. The van der Waals surface area contributed by atoms with Gasteiger partial charge in [-0.1, -0.05) is 29.8 Å². The maximum Gasteiger partial charge on any atom is 0.248 e. The Morgan fingerprint density at radius 2 is 2.16 bits per heavy atom. The lowest BCUT2D eigenvalue weighted by Gasteiger charge is -2.16. The number of para-hydroxylation sites is 1. The minimum atomic E-state index is -0.0811. The fourth-order valence-corrected chi connectivity index (χ4v) is 3.02. The van der Waals surface area contributed by atoms with E-state index in [2.05, 4.69) is 10.3 Å². The number of guanidine groups is 1. The zero-order valence-corrected chi connectivity index (χ0v) is 14.6. The third kappa shape index (κ3) is 3.85. The van der Waals surface area contributed by atoms with Crippen LogP contribution in [0.15, 0.2) is 47.5 Å². The molecule has 0 saturated heterocycles. The molecule has 2 aromatic rings. The number of nitrogens with zero attached hydrogens (tertiary/aromatic N) is 2. The SMILES string of the molecule is COc1ccc(NC(N)=NCC(=O)N2CCc3ccccc32)cc1Cl. The number of ether oxygens (including phenoxy) is 1. The minimum Gasteiger partial charge on any atom is -0.495 e. The molecule has 0 fully saturated rings. The Morgan fingerprint density at radius 1 is 1.36 bits per heavy atom. The highest BCUT2D eigenvalue weighted by Crippen LogP contribution is 2.28. The van der Waals surface area contributed by atoms with Gasteiger partial charge in [0.1, 0.15) is 12.3 Å². The maximum absolute atomic E-state index is 12.4. The van der Waals surface area contributed by atoms with Crippen molar-refractivity contribution in [2.24, 2.45) is 10.7 Å². The number of anilines is 2. The van der Waals surface area contributed by atoms with Crippen molar-refractivity contribution in [1.82, 2.24) is 0 Å². The molecule has 1 aliphatic rings. The summed E-state index contributed by atoms with van der Waals surface area (Å²) in [6, 6.07) is 13.1. The lowest BCUT2D eigenvalue weighted by molar-refractivity contribution is -0.117. The van der Waals surface area contributed by atoms with Crippen LogP contribution in [0.25, 0.3) is 0 Å². The summed E-state index contributed by atoms with van der Waals surface area (Å²) in [5.74, 6) is 0.648. The molecule has 130 valence electrons. The monoisotopic (exact) mass is 358 g/mol. The van der Waals surface area contributed by atoms with Crippen LogP contribution in [0, 0.1) is 0 Å². The average Bonchev–Trinajstić information content (AvgIpc) is 3.04. The van der Waals surface area contributed by atoms with Gasteiger partial charge in [0.2, 0.25) is 5.91 Å². The molecule has 3 rings (SSSR count). The van der Waals surface area contributed by atoms with Gasteiger partial charge in [-0.2, -0.15) is 0 Å². The van der Waals surface area contributed by atoms with Crippen LogP contribution in [0.2, 0.25) is 5.02 Å². The first-order chi connectivity index (χ1) is 12.1. The molecule has 6 nitrogen and oxygen atoms in total. The second-order valence-corrected chi connectivity index (χ2v) is 6.01. The molecular formula is C18H19ClN4O2. The molecule has 0 radical (unpaired) electrons. The smallest absolute Gasteiger partial charge is 0.248 e. The minimum absolute atomic E-state index is 0.0168. The van der Waals surface area contributed by atoms with Gasteiger partial charge in [-0.05, 0) is 36.2 Å². The predicted molar refractivity (Wildman–Crippen MR) is 101 cm³/mol. The van der Waals surface area contributed by atoms with E-state index >= 15 is 0 Å². The molecule has 0 bridgehead atoms. The van der Waals surface area contributed by atoms with E-state index in [0.29, 0.717) is 23.0 Å². The van der Waals surface area contributed by atoms with Crippen LogP contribution in [0.4, 0.5) is 11.4 Å². The molecule has 7 heteroatoms. The topological polar surface area (TPSA) is 80.0 Å². The largest absolute Gasteiger partial charge is 0.495 e. The summed E-state index contributed by atoms with van der Waals surface area (Å²) in [5, 5.41) is 3.38. The van der Waals surface area contributed by atoms with Crippen molar-refractivity contribution < 1.29 is 9.53 Å². The number of aliphatic imine (C=N–C) groups is 1. The van der Waals surface area contributed by atoms with Crippen LogP contribution in [0.5, 0.6) is 5.75 Å². The summed E-state index contributed by atoms with van der Waals surface area (Å²) >= 11 is 6.07. The van der Waals surface area contributed by atoms with Crippen molar-refractivity contribution in [3.05, 3.63) is 53.1 Å². The fourth-order valence-electron chi connectivity index (χ4n) is 2.77. The summed E-state index contributed by atoms with van der Waals surface area (Å²) in [5.41, 5.74) is 8.67. The lowest BCUT2D eigenvalue weighted by atomic mass is 10.2. The first-order valence-electron chi connectivity index (χ1n) is 7.87. The number of nitrogens with two attached hydrogens (primary N) is 1. The molecule has 1 heterocycles. The number of amides is 1. The Bertz CT molecular complexity index is 822. The third-order valence-electron chi connectivity index (χ3n) is 4.00. The van der Waals surface area contributed by atoms with Crippen LogP contribution < -0.4 is 20.7 Å². The number of nitrogens with one attached hydrogen (secondary N) is 1. The Morgan fingerprint density at radius 3 is 2.92 bits per heavy atom. The van der Waals surface area contributed by atoms with E-state index < -0.39 is 0 Å². The molecule has 0 unspecified atom stereocenters. The number of hydrogen-bond acceptors (Lipinski definition) is 3. The number of benzene rings is 2. The Hall–Kier alpha value is -2.73. The van der Waals surface area contributed by atoms with E-state index in [9.17, 15) is 4.79 Å². The Kier molecular flexibility index (Phi) is 5.09. The van der Waals surface area contributed by atoms with Gasteiger partial charge >= 0.3 is 0 Å². The average molecular weight is 359 g/mol. The number of fused-ring (bicyclic) bond motifs is 1. The fraction of sp³-hybridized carbons (Fsp3) is 0.222. The highest BCUT2D eigenvalue weighted by molar-refractivity contribution is 6.32. The third-order valence-corrected chi connectivity index (χ3v) is 4.29. The molecule has 25 heavy (non-hydrogen) atoms. The second-order valence-electron chi connectivity index (χ2n) is 5.60. The van der Waals surface area contributed by atoms with Gasteiger partial charge in [0.15, 0.2) is 5.96 Å². The van der Waals surface area contributed by atoms with Crippen LogP contribution in [-0.4, -0.2) is 32.1 Å². The summed E-state index contributed by atoms with van der Waals surface area (Å²) in [4.78, 5) is 18.3. The highest BCUT2D eigenvalue weighted by atomic mass is 35.5. The number of carbonyl (C=O) groups excluding carboxylic acids is 1. The van der Waals surface area contributed by atoms with Crippen molar-refractivity contribution in [1.29, 1.82) is 0 Å². The number of hydrogen-bond donors (Lipinski definition) is 2. The normalized spacial score (nSPS) is 13.5. The Labute approximate surface area is 151 Å². The number of halogens is 1. The molecule has 0 spiro atoms. The van der Waals surface area contributed by atoms with E-state index in [-0.39, 0.29) is 18.4 Å². The van der Waals surface area contributed by atoms with E-state index in [4.69, 9.17) is 22.1 Å². The molecule has 2 aromatic carbocycles. The van der Waals surface area contributed by atoms with Crippen molar-refractivity contribution in [2.75, 3.05) is 30.4 Å². The van der Waals surface area contributed by atoms with Gasteiger partial charge in [0, 0.05) is 17.9 Å². The number of rotatable bonds is 4. The van der Waals surface area contributed by atoms with Crippen LogP contribution in [0.3, 0.4) is 0 Å². The van der Waals surface area contributed by atoms with Crippen LogP contribution in [-0.2, 0) is 11.2 Å². The molecule has 3 N–H and O–H groups in total. The van der Waals surface area contributed by atoms with E-state index in [1.54, 1.807) is 30.2 Å². The van der Waals surface area contributed by atoms with E-state index in [0.717, 1.165) is 12.1 Å². The zero-order chi connectivity index (χ0) is 17.8. The van der Waals surface area contributed by atoms with Crippen molar-refractivity contribution >= 4 is 34.8 Å². The van der Waals surface area contributed by atoms with E-state index in [1.165, 1.54) is 5.56 Å². The lowest BCUT2D eigenvalue weighted by Crippen LogP contribution is -2.32. The van der Waals surface area contributed by atoms with Gasteiger partial charge < -0.3 is 20.7 Å². The van der Waals surface area contributed by atoms with Gasteiger partial charge in [-0.3, -0.25) is 4.79 Å². The van der Waals surface area contributed by atoms with Crippen LogP contribution >= 0.6 is 11.6 Å². The van der Waals surface area contributed by atoms with Crippen molar-refractivity contribution in [2.45, 2.75) is 6.42 Å². The number of carbonyl (C=O) groups is 1. The van der Waals surface area contributed by atoms with Crippen molar-refractivity contribution in [3.63, 3.8) is 0 Å².